The van der Waals surface area contributed by atoms with Gasteiger partial charge in [-0.3, -0.25) is 0 Å². The zero-order valence-electron chi connectivity index (χ0n) is 15.6. The Labute approximate surface area is 153 Å². The van der Waals surface area contributed by atoms with Crippen molar-refractivity contribution in [3.8, 4) is 22.6 Å². The Morgan fingerprint density at radius 1 is 1.12 bits per heavy atom. The van der Waals surface area contributed by atoms with Crippen molar-refractivity contribution in [2.45, 2.75) is 25.1 Å². The Kier molecular flexibility index (Phi) is 4.78. The van der Waals surface area contributed by atoms with Gasteiger partial charge in [0, 0.05) is 13.5 Å². The molecule has 6 nitrogen and oxygen atoms in total. The number of nitrogens with two attached hydrogens (primary N) is 1. The number of benzene rings is 2. The van der Waals surface area contributed by atoms with Gasteiger partial charge in [0.25, 0.3) is 0 Å². The quantitative estimate of drug-likeness (QED) is 0.881. The molecule has 26 heavy (non-hydrogen) atoms. The van der Waals surface area contributed by atoms with E-state index in [1.165, 1.54) is 0 Å². The molecular formula is C20H25N3O3. The van der Waals surface area contributed by atoms with E-state index in [-0.39, 0.29) is 0 Å². The van der Waals surface area contributed by atoms with E-state index >= 15 is 0 Å². The summed E-state index contributed by atoms with van der Waals surface area (Å²) in [6, 6.07) is 13.9. The molecule has 2 aromatic rings. The topological polar surface area (TPSA) is 80.3 Å². The van der Waals surface area contributed by atoms with Crippen LogP contribution >= 0.6 is 0 Å². The van der Waals surface area contributed by atoms with Gasteiger partial charge in [-0.1, -0.05) is 24.3 Å². The molecular weight excluding hydrogens is 330 g/mol. The zero-order chi connectivity index (χ0) is 18.9. The highest BCUT2D eigenvalue weighted by atomic mass is 16.5. The monoisotopic (exact) mass is 355 g/mol. The third-order valence-corrected chi connectivity index (χ3v) is 4.95. The Hall–Kier alpha value is -2.73. The van der Waals surface area contributed by atoms with Crippen LogP contribution in [0.2, 0.25) is 0 Å². The molecule has 0 saturated carbocycles. The molecule has 1 heterocycles. The van der Waals surface area contributed by atoms with Gasteiger partial charge in [-0.05, 0) is 41.8 Å². The van der Waals surface area contributed by atoms with E-state index in [9.17, 15) is 5.11 Å². The maximum atomic E-state index is 10.3. The summed E-state index contributed by atoms with van der Waals surface area (Å²) in [6.07, 6.45) is -0.193. The van der Waals surface area contributed by atoms with Crippen molar-refractivity contribution in [3.63, 3.8) is 0 Å². The van der Waals surface area contributed by atoms with Crippen LogP contribution in [0.5, 0.6) is 11.5 Å². The van der Waals surface area contributed by atoms with Gasteiger partial charge in [0.05, 0.1) is 19.8 Å². The van der Waals surface area contributed by atoms with Crippen LogP contribution in [0.3, 0.4) is 0 Å². The van der Waals surface area contributed by atoms with Gasteiger partial charge in [0.1, 0.15) is 6.23 Å². The second-order valence-electron chi connectivity index (χ2n) is 6.69. The van der Waals surface area contributed by atoms with Crippen molar-refractivity contribution >= 4 is 5.96 Å². The fourth-order valence-corrected chi connectivity index (χ4v) is 3.25. The molecule has 6 heteroatoms. The minimum absolute atomic E-state index is 0.336. The molecule has 138 valence electrons. The average Bonchev–Trinajstić information content (AvgIpc) is 2.65. The second kappa shape index (κ2) is 6.88. The van der Waals surface area contributed by atoms with Crippen LogP contribution in [0.25, 0.3) is 11.1 Å². The molecule has 0 fully saturated rings. The van der Waals surface area contributed by atoms with E-state index in [1.807, 2.05) is 43.3 Å². The van der Waals surface area contributed by atoms with E-state index in [0.717, 1.165) is 16.7 Å². The Morgan fingerprint density at radius 2 is 1.81 bits per heavy atom. The lowest BCUT2D eigenvalue weighted by Crippen LogP contribution is -2.50. The summed E-state index contributed by atoms with van der Waals surface area (Å²) in [5.41, 5.74) is 8.45. The van der Waals surface area contributed by atoms with Crippen LogP contribution in [0.4, 0.5) is 0 Å². The van der Waals surface area contributed by atoms with Crippen molar-refractivity contribution in [2.24, 2.45) is 10.7 Å². The number of aliphatic hydroxyl groups excluding tert-OH is 1. The number of aliphatic imine (C=N–C) groups is 1. The molecule has 1 aliphatic heterocycles. The normalized spacial score (nSPS) is 22.7. The first-order valence-electron chi connectivity index (χ1n) is 8.47. The summed E-state index contributed by atoms with van der Waals surface area (Å²) in [5.74, 6) is 1.71. The van der Waals surface area contributed by atoms with Crippen LogP contribution in [0.15, 0.2) is 47.5 Å². The largest absolute Gasteiger partial charge is 0.493 e. The van der Waals surface area contributed by atoms with Crippen molar-refractivity contribution in [3.05, 3.63) is 48.0 Å². The average molecular weight is 355 g/mol. The molecule has 0 aromatic heterocycles. The van der Waals surface area contributed by atoms with Crippen molar-refractivity contribution in [1.29, 1.82) is 0 Å². The van der Waals surface area contributed by atoms with Gasteiger partial charge in [0.15, 0.2) is 17.5 Å². The van der Waals surface area contributed by atoms with E-state index in [2.05, 4.69) is 11.1 Å². The van der Waals surface area contributed by atoms with Gasteiger partial charge in [-0.15, -0.1) is 0 Å². The first kappa shape index (κ1) is 18.1. The summed E-state index contributed by atoms with van der Waals surface area (Å²) in [4.78, 5) is 6.21. The second-order valence-corrected chi connectivity index (χ2v) is 6.69. The van der Waals surface area contributed by atoms with E-state index in [0.29, 0.717) is 23.9 Å². The Morgan fingerprint density at radius 3 is 2.46 bits per heavy atom. The minimum Gasteiger partial charge on any atom is -0.493 e. The third-order valence-electron chi connectivity index (χ3n) is 4.95. The van der Waals surface area contributed by atoms with Crippen molar-refractivity contribution < 1.29 is 14.6 Å². The molecule has 2 aromatic carbocycles. The van der Waals surface area contributed by atoms with Crippen LogP contribution in [-0.2, 0) is 5.54 Å². The lowest BCUT2D eigenvalue weighted by molar-refractivity contribution is 0.0292. The van der Waals surface area contributed by atoms with Crippen LogP contribution in [0.1, 0.15) is 18.9 Å². The number of ether oxygens (including phenoxy) is 2. The summed E-state index contributed by atoms with van der Waals surface area (Å²) in [6.45, 7) is 1.99. The number of methoxy groups -OCH3 is 2. The molecule has 2 atom stereocenters. The SMILES string of the molecule is COc1ccc(-c2cccc([C@]3(C)CC(O)N(C)C(N)=N3)c2)cc1OC. The van der Waals surface area contributed by atoms with Crippen LogP contribution < -0.4 is 15.2 Å². The highest BCUT2D eigenvalue weighted by Crippen LogP contribution is 2.37. The highest BCUT2D eigenvalue weighted by Gasteiger charge is 2.36. The lowest BCUT2D eigenvalue weighted by Gasteiger charge is -2.38. The van der Waals surface area contributed by atoms with Crippen molar-refractivity contribution in [2.75, 3.05) is 21.3 Å². The standard InChI is InChI=1S/C20H25N3O3/c1-20(12-18(24)23(2)19(21)22-20)15-7-5-6-13(10-15)14-8-9-16(25-3)17(11-14)26-4/h5-11,18,24H,12H2,1-4H3,(H2,21,22)/t18?,20-/m0/s1. The number of hydrogen-bond acceptors (Lipinski definition) is 6. The number of nitrogens with zero attached hydrogens (tertiary/aromatic N) is 2. The number of rotatable bonds is 4. The molecule has 0 saturated heterocycles. The predicted molar refractivity (Wildman–Crippen MR) is 102 cm³/mol. The molecule has 0 spiro atoms. The molecule has 0 aliphatic carbocycles. The molecule has 1 unspecified atom stereocenters. The molecule has 1 aliphatic rings. The molecule has 0 radical (unpaired) electrons. The maximum Gasteiger partial charge on any atom is 0.193 e. The van der Waals surface area contributed by atoms with E-state index in [1.54, 1.807) is 26.2 Å². The van der Waals surface area contributed by atoms with E-state index < -0.39 is 11.8 Å². The fourth-order valence-electron chi connectivity index (χ4n) is 3.25. The Bertz CT molecular complexity index is 837. The molecule has 0 bridgehead atoms. The van der Waals surface area contributed by atoms with Gasteiger partial charge < -0.3 is 25.2 Å². The summed E-state index contributed by atoms with van der Waals surface area (Å²) in [5, 5.41) is 10.3. The zero-order valence-corrected chi connectivity index (χ0v) is 15.6. The van der Waals surface area contributed by atoms with E-state index in [4.69, 9.17) is 15.2 Å². The Balaban J connectivity index is 2.02. The van der Waals surface area contributed by atoms with Gasteiger partial charge in [-0.2, -0.15) is 0 Å². The smallest absolute Gasteiger partial charge is 0.193 e. The van der Waals surface area contributed by atoms with Crippen LogP contribution in [-0.4, -0.2) is 43.5 Å². The summed E-state index contributed by atoms with van der Waals surface area (Å²) < 4.78 is 10.7. The van der Waals surface area contributed by atoms with Crippen LogP contribution in [0, 0.1) is 0 Å². The predicted octanol–water partition coefficient (Wildman–Crippen LogP) is 2.55. The fraction of sp³-hybridized carbons (Fsp3) is 0.350. The molecule has 0 amide bonds. The number of hydrogen-bond donors (Lipinski definition) is 2. The number of guanidine groups is 1. The minimum atomic E-state index is -0.665. The lowest BCUT2D eigenvalue weighted by atomic mass is 9.85. The van der Waals surface area contributed by atoms with Gasteiger partial charge >= 0.3 is 0 Å². The first-order valence-corrected chi connectivity index (χ1v) is 8.47. The maximum absolute atomic E-state index is 10.3. The van der Waals surface area contributed by atoms with Gasteiger partial charge in [-0.25, -0.2) is 4.99 Å². The molecule has 3 rings (SSSR count). The summed E-state index contributed by atoms with van der Waals surface area (Å²) in [7, 11) is 4.98. The van der Waals surface area contributed by atoms with Gasteiger partial charge in [0.2, 0.25) is 0 Å². The third kappa shape index (κ3) is 3.20. The molecule has 3 N–H and O–H groups in total. The number of aliphatic hydroxyl groups is 1. The summed E-state index contributed by atoms with van der Waals surface area (Å²) >= 11 is 0. The highest BCUT2D eigenvalue weighted by molar-refractivity contribution is 5.79. The van der Waals surface area contributed by atoms with Crippen molar-refractivity contribution in [1.82, 2.24) is 4.90 Å². The first-order chi connectivity index (χ1) is 12.4.